The van der Waals surface area contributed by atoms with Crippen molar-refractivity contribution in [1.29, 1.82) is 0 Å². The van der Waals surface area contributed by atoms with Crippen LogP contribution in [0.1, 0.15) is 12.0 Å². The van der Waals surface area contributed by atoms with E-state index < -0.39 is 0 Å². The number of aromatic nitrogens is 4. The maximum atomic E-state index is 12.5. The van der Waals surface area contributed by atoms with Gasteiger partial charge in [-0.05, 0) is 47.3 Å². The summed E-state index contributed by atoms with van der Waals surface area (Å²) in [4.78, 5) is 25.0. The van der Waals surface area contributed by atoms with Gasteiger partial charge in [0.15, 0.2) is 5.65 Å². The zero-order valence-electron chi connectivity index (χ0n) is 16.8. The van der Waals surface area contributed by atoms with Crippen LogP contribution in [0.15, 0.2) is 90.0 Å². The molecule has 0 aliphatic rings. The van der Waals surface area contributed by atoms with Gasteiger partial charge < -0.3 is 9.88 Å². The molecular formula is C24H21N5O2. The maximum Gasteiger partial charge on any atom is 0.350 e. The topological polar surface area (TPSA) is 73.3 Å². The molecule has 7 nitrogen and oxygen atoms in total. The van der Waals surface area contributed by atoms with Crippen molar-refractivity contribution in [3.63, 3.8) is 0 Å². The normalized spacial score (nSPS) is 11.2. The van der Waals surface area contributed by atoms with Crippen molar-refractivity contribution in [2.24, 2.45) is 0 Å². The first-order valence-corrected chi connectivity index (χ1v) is 10.1. The number of fused-ring (bicyclic) bond motifs is 2. The van der Waals surface area contributed by atoms with Gasteiger partial charge in [0.25, 0.3) is 0 Å². The van der Waals surface area contributed by atoms with Crippen LogP contribution in [0.3, 0.4) is 0 Å². The molecule has 3 aromatic heterocycles. The Morgan fingerprint density at radius 1 is 0.935 bits per heavy atom. The van der Waals surface area contributed by atoms with Gasteiger partial charge in [0.1, 0.15) is 0 Å². The summed E-state index contributed by atoms with van der Waals surface area (Å²) in [5, 5.41) is 8.48. The van der Waals surface area contributed by atoms with Crippen LogP contribution in [0.5, 0.6) is 0 Å². The molecule has 0 unspecified atom stereocenters. The van der Waals surface area contributed by atoms with Gasteiger partial charge in [0.05, 0.1) is 6.54 Å². The second-order valence-electron chi connectivity index (χ2n) is 7.44. The van der Waals surface area contributed by atoms with Gasteiger partial charge in [0.2, 0.25) is 5.91 Å². The van der Waals surface area contributed by atoms with Gasteiger partial charge >= 0.3 is 5.69 Å². The Labute approximate surface area is 178 Å². The van der Waals surface area contributed by atoms with Crippen molar-refractivity contribution < 1.29 is 4.79 Å². The van der Waals surface area contributed by atoms with E-state index in [0.29, 0.717) is 30.8 Å². The molecule has 5 aromatic rings. The molecule has 7 heteroatoms. The molecule has 1 N–H and O–H groups in total. The van der Waals surface area contributed by atoms with Crippen LogP contribution in [0.4, 0.5) is 5.69 Å². The third-order valence-electron chi connectivity index (χ3n) is 5.29. The van der Waals surface area contributed by atoms with Crippen LogP contribution in [0.2, 0.25) is 0 Å². The minimum atomic E-state index is -0.191. The molecular weight excluding hydrogens is 390 g/mol. The van der Waals surface area contributed by atoms with Gasteiger partial charge in [-0.1, -0.05) is 36.4 Å². The van der Waals surface area contributed by atoms with Crippen molar-refractivity contribution in [2.45, 2.75) is 19.5 Å². The fraction of sp³-hybridized carbons (Fsp3) is 0.125. The number of carbonyl (C=O) groups is 1. The standard InChI is InChI=1S/C24H21N5O2/c30-23(12-15-27-14-11-19-7-1-2-9-21(19)27)25-20-8-5-6-18(16-20)17-29-24(31)28-13-4-3-10-22(28)26-29/h1-11,13-14,16H,12,15,17H2,(H,25,30). The van der Waals surface area contributed by atoms with E-state index in [9.17, 15) is 9.59 Å². The number of hydrogen-bond acceptors (Lipinski definition) is 3. The molecule has 0 fully saturated rings. The molecule has 0 radical (unpaired) electrons. The van der Waals surface area contributed by atoms with Crippen molar-refractivity contribution in [3.05, 3.63) is 101 Å². The highest BCUT2D eigenvalue weighted by Gasteiger charge is 2.09. The Morgan fingerprint density at radius 2 is 1.81 bits per heavy atom. The first-order valence-electron chi connectivity index (χ1n) is 10.1. The Hall–Kier alpha value is -4.13. The SMILES string of the molecule is O=C(CCn1ccc2ccccc21)Nc1cccc(Cn2nc3ccccn3c2=O)c1. The molecule has 0 saturated heterocycles. The average molecular weight is 411 g/mol. The average Bonchev–Trinajstić information content (AvgIpc) is 3.34. The smallest absolute Gasteiger partial charge is 0.347 e. The van der Waals surface area contributed by atoms with Gasteiger partial charge in [0, 0.05) is 36.6 Å². The lowest BCUT2D eigenvalue weighted by atomic mass is 10.2. The number of hydrogen-bond donors (Lipinski definition) is 1. The lowest BCUT2D eigenvalue weighted by Crippen LogP contribution is -2.21. The van der Waals surface area contributed by atoms with E-state index in [4.69, 9.17) is 0 Å². The second-order valence-corrected chi connectivity index (χ2v) is 7.44. The molecule has 0 saturated carbocycles. The summed E-state index contributed by atoms with van der Waals surface area (Å²) in [6.07, 6.45) is 4.08. The summed E-state index contributed by atoms with van der Waals surface area (Å²) in [6, 6.07) is 23.1. The highest BCUT2D eigenvalue weighted by Crippen LogP contribution is 2.16. The lowest BCUT2D eigenvalue weighted by Gasteiger charge is -2.09. The van der Waals surface area contributed by atoms with Crippen LogP contribution < -0.4 is 11.0 Å². The molecule has 0 aliphatic carbocycles. The minimum Gasteiger partial charge on any atom is -0.347 e. The zero-order chi connectivity index (χ0) is 21.2. The fourth-order valence-electron chi connectivity index (χ4n) is 3.77. The van der Waals surface area contributed by atoms with Crippen LogP contribution >= 0.6 is 0 Å². The highest BCUT2D eigenvalue weighted by molar-refractivity contribution is 5.91. The Morgan fingerprint density at radius 3 is 2.71 bits per heavy atom. The van der Waals surface area contributed by atoms with Gasteiger partial charge in [-0.15, -0.1) is 5.10 Å². The summed E-state index contributed by atoms with van der Waals surface area (Å²) < 4.78 is 5.02. The van der Waals surface area contributed by atoms with Crippen LogP contribution in [-0.4, -0.2) is 24.7 Å². The van der Waals surface area contributed by atoms with E-state index in [1.54, 1.807) is 18.3 Å². The van der Waals surface area contributed by atoms with Crippen LogP contribution in [-0.2, 0) is 17.9 Å². The molecule has 1 amide bonds. The van der Waals surface area contributed by atoms with E-state index in [2.05, 4.69) is 33.2 Å². The predicted molar refractivity (Wildman–Crippen MR) is 120 cm³/mol. The first-order chi connectivity index (χ1) is 15.2. The third kappa shape index (κ3) is 3.85. The van der Waals surface area contributed by atoms with E-state index in [-0.39, 0.29) is 11.6 Å². The van der Waals surface area contributed by atoms with E-state index in [0.717, 1.165) is 16.5 Å². The minimum absolute atomic E-state index is 0.0557. The molecule has 2 aromatic carbocycles. The number of para-hydroxylation sites is 1. The number of anilines is 1. The fourth-order valence-corrected chi connectivity index (χ4v) is 3.77. The number of pyridine rings is 1. The van der Waals surface area contributed by atoms with Gasteiger partial charge in [-0.25, -0.2) is 9.48 Å². The van der Waals surface area contributed by atoms with Gasteiger partial charge in [-0.3, -0.25) is 9.20 Å². The molecule has 0 aliphatic heterocycles. The molecule has 31 heavy (non-hydrogen) atoms. The summed E-state index contributed by atoms with van der Waals surface area (Å²) in [7, 11) is 0. The zero-order valence-corrected chi connectivity index (χ0v) is 16.8. The van der Waals surface area contributed by atoms with E-state index in [1.807, 2.05) is 48.7 Å². The quantitative estimate of drug-likeness (QED) is 0.465. The number of carbonyl (C=O) groups excluding carboxylic acids is 1. The first kappa shape index (κ1) is 18.9. The van der Waals surface area contributed by atoms with Crippen molar-refractivity contribution >= 4 is 28.1 Å². The Bertz CT molecular complexity index is 1440. The Kier molecular flexibility index (Phi) is 4.84. The van der Waals surface area contributed by atoms with Crippen LogP contribution in [0.25, 0.3) is 16.6 Å². The Balaban J connectivity index is 1.26. The number of nitrogens with one attached hydrogen (secondary N) is 1. The molecule has 5 rings (SSSR count). The highest BCUT2D eigenvalue weighted by atomic mass is 16.2. The molecule has 3 heterocycles. The maximum absolute atomic E-state index is 12.5. The van der Waals surface area contributed by atoms with E-state index in [1.165, 1.54) is 9.08 Å². The van der Waals surface area contributed by atoms with Crippen molar-refractivity contribution in [2.75, 3.05) is 5.32 Å². The summed E-state index contributed by atoms with van der Waals surface area (Å²) in [5.74, 6) is -0.0557. The second kappa shape index (κ2) is 7.95. The number of aryl methyl sites for hydroxylation is 1. The monoisotopic (exact) mass is 411 g/mol. The third-order valence-corrected chi connectivity index (χ3v) is 5.29. The molecule has 0 atom stereocenters. The van der Waals surface area contributed by atoms with Crippen molar-refractivity contribution in [3.8, 4) is 0 Å². The van der Waals surface area contributed by atoms with Crippen molar-refractivity contribution in [1.82, 2.24) is 18.7 Å². The molecule has 154 valence electrons. The van der Waals surface area contributed by atoms with E-state index >= 15 is 0 Å². The number of amides is 1. The lowest BCUT2D eigenvalue weighted by molar-refractivity contribution is -0.116. The number of rotatable bonds is 6. The van der Waals surface area contributed by atoms with Gasteiger partial charge in [-0.2, -0.15) is 0 Å². The largest absolute Gasteiger partial charge is 0.350 e. The predicted octanol–water partition coefficient (Wildman–Crippen LogP) is 3.53. The molecule has 0 spiro atoms. The summed E-state index contributed by atoms with van der Waals surface area (Å²) >= 11 is 0. The summed E-state index contributed by atoms with van der Waals surface area (Å²) in [6.45, 7) is 0.940. The summed E-state index contributed by atoms with van der Waals surface area (Å²) in [5.41, 5.74) is 3.13. The van der Waals surface area contributed by atoms with Crippen LogP contribution in [0, 0.1) is 0 Å². The number of nitrogens with zero attached hydrogens (tertiary/aromatic N) is 4. The number of benzene rings is 2. The molecule has 0 bridgehead atoms.